The zero-order chi connectivity index (χ0) is 21.3. The molecule has 1 aromatic rings. The van der Waals surface area contributed by atoms with Crippen molar-refractivity contribution in [1.82, 2.24) is 4.90 Å². The molecule has 4 N–H and O–H groups in total. The van der Waals surface area contributed by atoms with Gasteiger partial charge in [-0.25, -0.2) is 9.59 Å². The minimum Gasteiger partial charge on any atom is -0.480 e. The van der Waals surface area contributed by atoms with Crippen LogP contribution in [0.15, 0.2) is 30.3 Å². The topological polar surface area (TPSA) is 130 Å². The monoisotopic (exact) mass is 406 g/mol. The molecule has 11 heteroatoms. The highest BCUT2D eigenvalue weighted by Gasteiger charge is 2.38. The summed E-state index contributed by atoms with van der Waals surface area (Å²) in [5.74, 6) is -4.08. The van der Waals surface area contributed by atoms with Gasteiger partial charge in [-0.15, -0.1) is 0 Å². The molecule has 0 aliphatic carbocycles. The lowest BCUT2D eigenvalue weighted by molar-refractivity contribution is -0.192. The Morgan fingerprint density at radius 3 is 2.29 bits per heavy atom. The molecule has 1 aliphatic heterocycles. The molecule has 1 heterocycles. The Morgan fingerprint density at radius 2 is 1.79 bits per heavy atom. The number of benzene rings is 1. The van der Waals surface area contributed by atoms with E-state index in [0.29, 0.717) is 26.0 Å². The third-order valence-corrected chi connectivity index (χ3v) is 3.79. The van der Waals surface area contributed by atoms with Crippen LogP contribution in [0.4, 0.5) is 13.2 Å². The lowest BCUT2D eigenvalue weighted by atomic mass is 10.2. The van der Waals surface area contributed by atoms with E-state index in [9.17, 15) is 22.8 Å². The minimum absolute atomic E-state index is 0.0799. The van der Waals surface area contributed by atoms with E-state index in [-0.39, 0.29) is 12.5 Å². The Bertz CT molecular complexity index is 669. The number of aliphatic carboxylic acids is 2. The number of ether oxygens (including phenoxy) is 1. The van der Waals surface area contributed by atoms with Gasteiger partial charge in [0, 0.05) is 6.54 Å². The summed E-state index contributed by atoms with van der Waals surface area (Å²) in [6, 6.07) is 8.00. The first kappa shape index (κ1) is 23.4. The maximum absolute atomic E-state index is 12.2. The van der Waals surface area contributed by atoms with E-state index < -0.39 is 30.2 Å². The fourth-order valence-corrected chi connectivity index (χ4v) is 2.45. The van der Waals surface area contributed by atoms with Crippen LogP contribution in [-0.2, 0) is 25.7 Å². The molecule has 0 bridgehead atoms. The van der Waals surface area contributed by atoms with Crippen LogP contribution in [0, 0.1) is 0 Å². The molecule has 1 aromatic carbocycles. The first-order chi connectivity index (χ1) is 13.0. The summed E-state index contributed by atoms with van der Waals surface area (Å²) < 4.78 is 37.2. The summed E-state index contributed by atoms with van der Waals surface area (Å²) in [5.41, 5.74) is 6.82. The van der Waals surface area contributed by atoms with Crippen molar-refractivity contribution in [3.63, 3.8) is 0 Å². The number of carbonyl (C=O) groups excluding carboxylic acids is 1. The molecule has 8 nitrogen and oxygen atoms in total. The number of carboxylic acids is 2. The number of likely N-dealkylation sites (tertiary alicyclic amines) is 1. The summed E-state index contributed by atoms with van der Waals surface area (Å²) in [5, 5.41) is 16.2. The van der Waals surface area contributed by atoms with Crippen molar-refractivity contribution in [3.8, 4) is 0 Å². The van der Waals surface area contributed by atoms with Crippen LogP contribution in [0.2, 0.25) is 0 Å². The second-order valence-electron chi connectivity index (χ2n) is 5.94. The number of nitrogens with zero attached hydrogens (tertiary/aromatic N) is 1. The number of halogens is 3. The zero-order valence-corrected chi connectivity index (χ0v) is 14.8. The maximum atomic E-state index is 12.2. The molecule has 1 amide bonds. The molecule has 2 atom stereocenters. The highest BCUT2D eigenvalue weighted by molar-refractivity contribution is 5.87. The van der Waals surface area contributed by atoms with Crippen molar-refractivity contribution in [3.05, 3.63) is 35.9 Å². The number of amides is 1. The van der Waals surface area contributed by atoms with Gasteiger partial charge in [0.2, 0.25) is 5.91 Å². The number of carbonyl (C=O) groups is 3. The van der Waals surface area contributed by atoms with Gasteiger partial charge in [0.05, 0.1) is 13.2 Å². The molecule has 0 saturated carbocycles. The van der Waals surface area contributed by atoms with Crippen molar-refractivity contribution in [1.29, 1.82) is 0 Å². The van der Waals surface area contributed by atoms with Gasteiger partial charge in [-0.1, -0.05) is 30.3 Å². The molecule has 0 radical (unpaired) electrons. The van der Waals surface area contributed by atoms with Crippen molar-refractivity contribution in [2.75, 3.05) is 13.2 Å². The number of hydrogen-bond donors (Lipinski definition) is 3. The smallest absolute Gasteiger partial charge is 0.480 e. The minimum atomic E-state index is -5.08. The fourth-order valence-electron chi connectivity index (χ4n) is 2.45. The van der Waals surface area contributed by atoms with Crippen molar-refractivity contribution in [2.24, 2.45) is 5.73 Å². The van der Waals surface area contributed by atoms with Crippen molar-refractivity contribution >= 4 is 17.8 Å². The predicted octanol–water partition coefficient (Wildman–Crippen LogP) is 1.24. The third-order valence-electron chi connectivity index (χ3n) is 3.79. The van der Waals surface area contributed by atoms with Crippen LogP contribution >= 0.6 is 0 Å². The standard InChI is InChI=1S/C15H20N2O4.C2HF3O2/c16-12(10-21-9-11-5-2-1-3-6-11)14(18)17-8-4-7-13(17)15(19)20;3-2(4,5)1(6)7/h1-3,5-6,12-13H,4,7-10,16H2,(H,19,20);(H,6,7)/t12-,13-;/m0./s1. The van der Waals surface area contributed by atoms with E-state index in [1.807, 2.05) is 30.3 Å². The van der Waals surface area contributed by atoms with Gasteiger partial charge in [-0.2, -0.15) is 13.2 Å². The van der Waals surface area contributed by atoms with E-state index in [1.165, 1.54) is 4.90 Å². The summed E-state index contributed by atoms with van der Waals surface area (Å²) in [6.45, 7) is 0.906. The van der Waals surface area contributed by atoms with Gasteiger partial charge in [0.1, 0.15) is 12.1 Å². The molecule has 2 rings (SSSR count). The lowest BCUT2D eigenvalue weighted by Crippen LogP contribution is -2.50. The Morgan fingerprint density at radius 1 is 1.21 bits per heavy atom. The molecule has 0 aromatic heterocycles. The Hall–Kier alpha value is -2.66. The van der Waals surface area contributed by atoms with E-state index in [4.69, 9.17) is 25.5 Å². The average molecular weight is 406 g/mol. The van der Waals surface area contributed by atoms with Gasteiger partial charge in [-0.3, -0.25) is 4.79 Å². The van der Waals surface area contributed by atoms with Gasteiger partial charge in [0.25, 0.3) is 0 Å². The number of alkyl halides is 3. The predicted molar refractivity (Wildman–Crippen MR) is 90.1 cm³/mol. The largest absolute Gasteiger partial charge is 0.490 e. The lowest BCUT2D eigenvalue weighted by Gasteiger charge is -2.24. The molecule has 1 saturated heterocycles. The van der Waals surface area contributed by atoms with E-state index >= 15 is 0 Å². The molecule has 156 valence electrons. The zero-order valence-electron chi connectivity index (χ0n) is 14.8. The van der Waals surface area contributed by atoms with E-state index in [1.54, 1.807) is 0 Å². The molecule has 0 spiro atoms. The average Bonchev–Trinajstić information content (AvgIpc) is 3.11. The second kappa shape index (κ2) is 10.6. The van der Waals surface area contributed by atoms with Crippen LogP contribution in [0.1, 0.15) is 18.4 Å². The van der Waals surface area contributed by atoms with Crippen LogP contribution in [-0.4, -0.2) is 64.4 Å². The molecular formula is C17H21F3N2O6. The maximum Gasteiger partial charge on any atom is 0.490 e. The van der Waals surface area contributed by atoms with E-state index in [0.717, 1.165) is 5.56 Å². The van der Waals surface area contributed by atoms with Gasteiger partial charge in [0.15, 0.2) is 0 Å². The van der Waals surface area contributed by atoms with Crippen LogP contribution in [0.5, 0.6) is 0 Å². The number of rotatable bonds is 6. The molecule has 0 unspecified atom stereocenters. The fraction of sp³-hybridized carbons (Fsp3) is 0.471. The SMILES string of the molecule is N[C@@H](COCc1ccccc1)C(=O)N1CCC[C@H]1C(=O)O.O=C(O)C(F)(F)F. The first-order valence-corrected chi connectivity index (χ1v) is 8.24. The Kier molecular flexibility index (Phi) is 8.86. The van der Waals surface area contributed by atoms with Crippen LogP contribution in [0.25, 0.3) is 0 Å². The number of nitrogens with two attached hydrogens (primary N) is 1. The highest BCUT2D eigenvalue weighted by atomic mass is 19.4. The van der Waals surface area contributed by atoms with Gasteiger partial charge in [-0.05, 0) is 18.4 Å². The first-order valence-electron chi connectivity index (χ1n) is 8.24. The molecule has 1 aliphatic rings. The normalized spacial score (nSPS) is 17.4. The third kappa shape index (κ3) is 7.53. The number of carboxylic acid groups (broad SMARTS) is 2. The van der Waals surface area contributed by atoms with Crippen molar-refractivity contribution in [2.45, 2.75) is 37.7 Å². The molecule has 28 heavy (non-hydrogen) atoms. The summed E-state index contributed by atoms with van der Waals surface area (Å²) in [4.78, 5) is 33.5. The second-order valence-corrected chi connectivity index (χ2v) is 5.94. The number of hydrogen-bond acceptors (Lipinski definition) is 5. The molecule has 1 fully saturated rings. The Labute approximate surface area is 158 Å². The van der Waals surface area contributed by atoms with Crippen LogP contribution in [0.3, 0.4) is 0 Å². The van der Waals surface area contributed by atoms with Gasteiger partial charge >= 0.3 is 18.1 Å². The summed E-state index contributed by atoms with van der Waals surface area (Å²) >= 11 is 0. The quantitative estimate of drug-likeness (QED) is 0.648. The molecular weight excluding hydrogens is 385 g/mol. The van der Waals surface area contributed by atoms with Gasteiger partial charge < -0.3 is 25.6 Å². The Balaban J connectivity index is 0.000000480. The van der Waals surface area contributed by atoms with E-state index in [2.05, 4.69) is 0 Å². The van der Waals surface area contributed by atoms with Crippen LogP contribution < -0.4 is 5.73 Å². The highest BCUT2D eigenvalue weighted by Crippen LogP contribution is 2.18. The van der Waals surface area contributed by atoms with Crippen molar-refractivity contribution < 1.29 is 42.5 Å². The summed E-state index contributed by atoms with van der Waals surface area (Å²) in [6.07, 6.45) is -3.90. The summed E-state index contributed by atoms with van der Waals surface area (Å²) in [7, 11) is 0.